The largest absolute Gasteiger partial charge is 0.321 e. The Balaban J connectivity index is 2.06. The molecule has 4 nitrogen and oxygen atoms in total. The highest BCUT2D eigenvalue weighted by Gasteiger charge is 2.09. The molecule has 0 aliphatic rings. The molecule has 0 bridgehead atoms. The number of hydrogen-bond acceptors (Lipinski definition) is 4. The van der Waals surface area contributed by atoms with Gasteiger partial charge in [0.15, 0.2) is 0 Å². The van der Waals surface area contributed by atoms with Crippen LogP contribution in [0.2, 0.25) is 0 Å². The van der Waals surface area contributed by atoms with Crippen molar-refractivity contribution in [3.05, 3.63) is 34.5 Å². The summed E-state index contributed by atoms with van der Waals surface area (Å²) in [6.45, 7) is 2.66. The van der Waals surface area contributed by atoms with Crippen LogP contribution >= 0.6 is 11.3 Å². The molecule has 2 aromatic heterocycles. The zero-order valence-corrected chi connectivity index (χ0v) is 8.74. The minimum Gasteiger partial charge on any atom is -0.321 e. The van der Waals surface area contributed by atoms with Gasteiger partial charge < -0.3 is 5.73 Å². The van der Waals surface area contributed by atoms with Crippen molar-refractivity contribution in [1.82, 2.24) is 14.8 Å². The number of hydrogen-bond donors (Lipinski definition) is 1. The lowest BCUT2D eigenvalue weighted by molar-refractivity contribution is 0.520. The molecule has 0 saturated carbocycles. The van der Waals surface area contributed by atoms with Crippen LogP contribution < -0.4 is 5.73 Å². The third-order valence-electron chi connectivity index (χ3n) is 1.96. The zero-order chi connectivity index (χ0) is 9.97. The van der Waals surface area contributed by atoms with Crippen molar-refractivity contribution >= 4 is 11.3 Å². The second-order valence-electron chi connectivity index (χ2n) is 3.13. The summed E-state index contributed by atoms with van der Waals surface area (Å²) < 4.78 is 1.82. The molecular formula is C9H12N4S. The van der Waals surface area contributed by atoms with Crippen LogP contribution in [0.5, 0.6) is 0 Å². The summed E-state index contributed by atoms with van der Waals surface area (Å²) >= 11 is 1.62. The van der Waals surface area contributed by atoms with Crippen LogP contribution in [0.25, 0.3) is 0 Å². The molecule has 1 atom stereocenters. The molecule has 2 rings (SSSR count). The number of rotatable bonds is 3. The Morgan fingerprint density at radius 1 is 1.64 bits per heavy atom. The van der Waals surface area contributed by atoms with Crippen LogP contribution in [-0.4, -0.2) is 14.8 Å². The van der Waals surface area contributed by atoms with Gasteiger partial charge in [-0.05, 0) is 13.0 Å². The van der Waals surface area contributed by atoms with E-state index in [0.717, 1.165) is 10.7 Å². The topological polar surface area (TPSA) is 56.7 Å². The molecular weight excluding hydrogens is 196 g/mol. The van der Waals surface area contributed by atoms with Gasteiger partial charge in [0.2, 0.25) is 0 Å². The third-order valence-corrected chi connectivity index (χ3v) is 2.75. The Labute approximate surface area is 86.4 Å². The molecule has 2 N–H and O–H groups in total. The molecule has 0 spiro atoms. The van der Waals surface area contributed by atoms with E-state index in [2.05, 4.69) is 10.1 Å². The lowest BCUT2D eigenvalue weighted by Crippen LogP contribution is -2.18. The van der Waals surface area contributed by atoms with Crippen molar-refractivity contribution in [3.8, 4) is 0 Å². The van der Waals surface area contributed by atoms with Crippen LogP contribution in [0, 0.1) is 6.92 Å². The number of aryl methyl sites for hydroxylation is 1. The zero-order valence-electron chi connectivity index (χ0n) is 7.92. The molecule has 2 aromatic rings. The Bertz CT molecular complexity index is 393. The van der Waals surface area contributed by atoms with E-state index in [0.29, 0.717) is 6.54 Å². The van der Waals surface area contributed by atoms with E-state index in [1.54, 1.807) is 17.5 Å². The minimum absolute atomic E-state index is 0.0696. The van der Waals surface area contributed by atoms with E-state index < -0.39 is 0 Å². The third kappa shape index (κ3) is 2.00. The summed E-state index contributed by atoms with van der Waals surface area (Å²) in [7, 11) is 0. The van der Waals surface area contributed by atoms with E-state index in [-0.39, 0.29) is 6.04 Å². The number of nitrogens with zero attached hydrogens (tertiary/aromatic N) is 3. The summed E-state index contributed by atoms with van der Waals surface area (Å²) in [6, 6.07) is 1.82. The van der Waals surface area contributed by atoms with E-state index in [4.69, 9.17) is 5.73 Å². The maximum atomic E-state index is 5.98. The lowest BCUT2D eigenvalue weighted by atomic mass is 10.2. The predicted molar refractivity (Wildman–Crippen MR) is 56.0 cm³/mol. The summed E-state index contributed by atoms with van der Waals surface area (Å²) in [5.41, 5.74) is 6.93. The molecule has 14 heavy (non-hydrogen) atoms. The standard InChI is InChI=1S/C9H12N4S/c1-7-12-9(6-14-7)8(10)5-13-4-2-3-11-13/h2-4,6,8H,5,10H2,1H3. The Hall–Kier alpha value is -1.20. The van der Waals surface area contributed by atoms with Gasteiger partial charge >= 0.3 is 0 Å². The molecule has 0 aliphatic carbocycles. The van der Waals surface area contributed by atoms with Gasteiger partial charge in [-0.1, -0.05) is 0 Å². The number of thiazole rings is 1. The highest BCUT2D eigenvalue weighted by molar-refractivity contribution is 7.09. The fraction of sp³-hybridized carbons (Fsp3) is 0.333. The number of nitrogens with two attached hydrogens (primary N) is 1. The highest BCUT2D eigenvalue weighted by Crippen LogP contribution is 2.15. The Morgan fingerprint density at radius 3 is 3.07 bits per heavy atom. The van der Waals surface area contributed by atoms with Crippen LogP contribution in [-0.2, 0) is 6.54 Å². The summed E-state index contributed by atoms with van der Waals surface area (Å²) in [5.74, 6) is 0. The first-order valence-corrected chi connectivity index (χ1v) is 5.28. The van der Waals surface area contributed by atoms with Gasteiger partial charge in [-0.2, -0.15) is 5.10 Å². The molecule has 0 radical (unpaired) electrons. The first-order chi connectivity index (χ1) is 6.75. The van der Waals surface area contributed by atoms with Gasteiger partial charge in [0.1, 0.15) is 0 Å². The van der Waals surface area contributed by atoms with Crippen LogP contribution in [0.1, 0.15) is 16.7 Å². The molecule has 0 aromatic carbocycles. The molecule has 2 heterocycles. The maximum Gasteiger partial charge on any atom is 0.0898 e. The van der Waals surface area contributed by atoms with Crippen molar-refractivity contribution in [2.75, 3.05) is 0 Å². The fourth-order valence-electron chi connectivity index (χ4n) is 1.25. The monoisotopic (exact) mass is 208 g/mol. The van der Waals surface area contributed by atoms with E-state index in [1.165, 1.54) is 0 Å². The fourth-order valence-corrected chi connectivity index (χ4v) is 1.93. The van der Waals surface area contributed by atoms with Crippen molar-refractivity contribution < 1.29 is 0 Å². The molecule has 0 fully saturated rings. The molecule has 0 aliphatic heterocycles. The molecule has 1 unspecified atom stereocenters. The lowest BCUT2D eigenvalue weighted by Gasteiger charge is -2.08. The van der Waals surface area contributed by atoms with Crippen LogP contribution in [0.3, 0.4) is 0 Å². The van der Waals surface area contributed by atoms with Crippen molar-refractivity contribution in [1.29, 1.82) is 0 Å². The van der Waals surface area contributed by atoms with Crippen LogP contribution in [0.4, 0.5) is 0 Å². The molecule has 0 amide bonds. The van der Waals surface area contributed by atoms with E-state index in [9.17, 15) is 0 Å². The average Bonchev–Trinajstić information content (AvgIpc) is 2.75. The first kappa shape index (κ1) is 9.36. The molecule has 5 heteroatoms. The van der Waals surface area contributed by atoms with Gasteiger partial charge in [-0.25, -0.2) is 4.98 Å². The Morgan fingerprint density at radius 2 is 2.50 bits per heavy atom. The van der Waals surface area contributed by atoms with Gasteiger partial charge in [0, 0.05) is 17.8 Å². The average molecular weight is 208 g/mol. The summed E-state index contributed by atoms with van der Waals surface area (Å²) in [4.78, 5) is 4.34. The molecule has 74 valence electrons. The second-order valence-corrected chi connectivity index (χ2v) is 4.19. The maximum absolute atomic E-state index is 5.98. The van der Waals surface area contributed by atoms with Crippen molar-refractivity contribution in [2.24, 2.45) is 5.73 Å². The SMILES string of the molecule is Cc1nc(C(N)Cn2cccn2)cs1. The van der Waals surface area contributed by atoms with Crippen molar-refractivity contribution in [2.45, 2.75) is 19.5 Å². The van der Waals surface area contributed by atoms with Gasteiger partial charge in [-0.3, -0.25) is 4.68 Å². The Kier molecular flexibility index (Phi) is 2.60. The molecule has 0 saturated heterocycles. The predicted octanol–water partition coefficient (Wildman–Crippen LogP) is 1.35. The first-order valence-electron chi connectivity index (χ1n) is 4.41. The normalized spacial score (nSPS) is 13.0. The summed E-state index contributed by atoms with van der Waals surface area (Å²) in [6.07, 6.45) is 3.65. The smallest absolute Gasteiger partial charge is 0.0898 e. The van der Waals surface area contributed by atoms with Crippen LogP contribution in [0.15, 0.2) is 23.8 Å². The minimum atomic E-state index is -0.0696. The van der Waals surface area contributed by atoms with Gasteiger partial charge in [-0.15, -0.1) is 11.3 Å². The quantitative estimate of drug-likeness (QED) is 0.828. The van der Waals surface area contributed by atoms with E-state index in [1.807, 2.05) is 29.2 Å². The summed E-state index contributed by atoms with van der Waals surface area (Å²) in [5, 5.41) is 7.16. The van der Waals surface area contributed by atoms with Gasteiger partial charge in [0.05, 0.1) is 23.3 Å². The number of aromatic nitrogens is 3. The second kappa shape index (κ2) is 3.89. The van der Waals surface area contributed by atoms with Crippen molar-refractivity contribution in [3.63, 3.8) is 0 Å². The van der Waals surface area contributed by atoms with E-state index >= 15 is 0 Å². The highest BCUT2D eigenvalue weighted by atomic mass is 32.1. The van der Waals surface area contributed by atoms with Gasteiger partial charge in [0.25, 0.3) is 0 Å².